The Kier molecular flexibility index (Phi) is 6.76. The molecule has 33 heavy (non-hydrogen) atoms. The first-order valence-corrected chi connectivity index (χ1v) is 11.3. The van der Waals surface area contributed by atoms with Crippen molar-refractivity contribution in [3.05, 3.63) is 88.9 Å². The molecular weight excluding hydrogens is 460 g/mol. The lowest BCUT2D eigenvalue weighted by atomic mass is 10.2. The quantitative estimate of drug-likeness (QED) is 0.349. The Bertz CT molecular complexity index is 1310. The number of nitrogens with one attached hydrogen (secondary N) is 1. The molecular formula is C24H19ClN4O3S. The monoisotopic (exact) mass is 478 g/mol. The Balaban J connectivity index is 1.58. The van der Waals surface area contributed by atoms with Crippen LogP contribution in [0.15, 0.2) is 78.0 Å². The van der Waals surface area contributed by atoms with Gasteiger partial charge in [-0.1, -0.05) is 71.4 Å². The van der Waals surface area contributed by atoms with E-state index < -0.39 is 5.97 Å². The molecule has 0 saturated carbocycles. The molecule has 1 aromatic heterocycles. The number of hydrogen-bond acceptors (Lipinski definition) is 5. The topological polar surface area (TPSA) is 97.1 Å². The van der Waals surface area contributed by atoms with Gasteiger partial charge in [0.1, 0.15) is 0 Å². The van der Waals surface area contributed by atoms with Crippen molar-refractivity contribution in [1.29, 1.82) is 0 Å². The molecule has 166 valence electrons. The molecule has 0 saturated heterocycles. The third kappa shape index (κ3) is 5.24. The number of anilines is 1. The molecule has 4 rings (SSSR count). The predicted octanol–water partition coefficient (Wildman–Crippen LogP) is 5.33. The second kappa shape index (κ2) is 9.89. The highest BCUT2D eigenvalue weighted by atomic mass is 35.5. The smallest absolute Gasteiger partial charge is 0.335 e. The summed E-state index contributed by atoms with van der Waals surface area (Å²) in [5.74, 6) is -0.744. The second-order valence-corrected chi connectivity index (χ2v) is 8.53. The van der Waals surface area contributed by atoms with E-state index in [1.54, 1.807) is 0 Å². The summed E-state index contributed by atoms with van der Waals surface area (Å²) in [4.78, 5) is 23.8. The molecule has 0 aliphatic heterocycles. The Labute approximate surface area is 199 Å². The van der Waals surface area contributed by atoms with Crippen molar-refractivity contribution < 1.29 is 14.7 Å². The lowest BCUT2D eigenvalue weighted by Crippen LogP contribution is -2.15. The van der Waals surface area contributed by atoms with Gasteiger partial charge in [0.05, 0.1) is 22.0 Å². The van der Waals surface area contributed by atoms with Crippen LogP contribution in [0.1, 0.15) is 15.9 Å². The van der Waals surface area contributed by atoms with Crippen LogP contribution in [0, 0.1) is 6.92 Å². The van der Waals surface area contributed by atoms with Gasteiger partial charge in [-0.25, -0.2) is 4.79 Å². The number of carboxylic acids is 1. The number of benzene rings is 3. The van der Waals surface area contributed by atoms with Crippen molar-refractivity contribution in [3.8, 4) is 17.1 Å². The number of carbonyl (C=O) groups excluding carboxylic acids is 1. The highest BCUT2D eigenvalue weighted by Gasteiger charge is 2.18. The van der Waals surface area contributed by atoms with E-state index in [1.807, 2.05) is 66.1 Å². The zero-order valence-electron chi connectivity index (χ0n) is 17.5. The molecule has 9 heteroatoms. The maximum atomic E-state index is 12.6. The van der Waals surface area contributed by atoms with E-state index in [9.17, 15) is 9.59 Å². The Hall–Kier alpha value is -3.62. The Morgan fingerprint density at radius 1 is 1.03 bits per heavy atom. The van der Waals surface area contributed by atoms with Crippen molar-refractivity contribution in [2.75, 3.05) is 11.1 Å². The van der Waals surface area contributed by atoms with Crippen LogP contribution < -0.4 is 5.32 Å². The van der Waals surface area contributed by atoms with Gasteiger partial charge in [0, 0.05) is 11.3 Å². The molecule has 1 amide bonds. The summed E-state index contributed by atoms with van der Waals surface area (Å²) in [7, 11) is 0. The maximum Gasteiger partial charge on any atom is 0.335 e. The average Bonchev–Trinajstić information content (AvgIpc) is 3.24. The van der Waals surface area contributed by atoms with Gasteiger partial charge in [-0.3, -0.25) is 9.36 Å². The standard InChI is InChI=1S/C24H19ClN4O3S/c1-15-7-10-18(11-8-15)29-22(16-5-3-2-4-6-16)27-28-24(29)33-14-21(30)26-20-13-17(23(31)32)9-12-19(20)25/h2-13H,14H2,1H3,(H,26,30)(H,31,32). The first kappa shape index (κ1) is 22.6. The zero-order chi connectivity index (χ0) is 23.4. The van der Waals surface area contributed by atoms with Crippen LogP contribution in [0.3, 0.4) is 0 Å². The lowest BCUT2D eigenvalue weighted by molar-refractivity contribution is -0.113. The molecule has 1 heterocycles. The van der Waals surface area contributed by atoms with Gasteiger partial charge in [0.15, 0.2) is 11.0 Å². The third-order valence-corrected chi connectivity index (χ3v) is 6.04. The largest absolute Gasteiger partial charge is 0.478 e. The van der Waals surface area contributed by atoms with E-state index in [4.69, 9.17) is 16.7 Å². The number of rotatable bonds is 7. The first-order chi connectivity index (χ1) is 15.9. The number of halogens is 1. The highest BCUT2D eigenvalue weighted by Crippen LogP contribution is 2.29. The molecule has 4 aromatic rings. The summed E-state index contributed by atoms with van der Waals surface area (Å²) >= 11 is 7.33. The minimum atomic E-state index is -1.10. The molecule has 0 fully saturated rings. The molecule has 7 nitrogen and oxygen atoms in total. The fraction of sp³-hybridized carbons (Fsp3) is 0.0833. The minimum absolute atomic E-state index is 0.0341. The van der Waals surface area contributed by atoms with Crippen molar-refractivity contribution in [1.82, 2.24) is 14.8 Å². The number of aromatic carboxylic acids is 1. The fourth-order valence-corrected chi connectivity index (χ4v) is 4.05. The van der Waals surface area contributed by atoms with E-state index in [0.29, 0.717) is 11.0 Å². The Morgan fingerprint density at radius 3 is 2.45 bits per heavy atom. The zero-order valence-corrected chi connectivity index (χ0v) is 19.1. The molecule has 0 aliphatic rings. The molecule has 0 radical (unpaired) electrons. The number of aryl methyl sites for hydroxylation is 1. The summed E-state index contributed by atoms with van der Waals surface area (Å²) in [5, 5.41) is 21.3. The van der Waals surface area contributed by atoms with Gasteiger partial charge in [-0.2, -0.15) is 0 Å². The Morgan fingerprint density at radius 2 is 1.76 bits per heavy atom. The van der Waals surface area contributed by atoms with Gasteiger partial charge in [-0.15, -0.1) is 10.2 Å². The molecule has 0 aliphatic carbocycles. The fourth-order valence-electron chi connectivity index (χ4n) is 3.13. The van der Waals surface area contributed by atoms with Crippen molar-refractivity contribution >= 4 is 40.9 Å². The van der Waals surface area contributed by atoms with E-state index in [-0.39, 0.29) is 27.9 Å². The van der Waals surface area contributed by atoms with Crippen LogP contribution in [0.2, 0.25) is 5.02 Å². The number of amides is 1. The summed E-state index contributed by atoms with van der Waals surface area (Å²) < 4.78 is 1.91. The molecule has 0 atom stereocenters. The first-order valence-electron chi connectivity index (χ1n) is 9.96. The molecule has 2 N–H and O–H groups in total. The van der Waals surface area contributed by atoms with Crippen LogP contribution in [0.5, 0.6) is 0 Å². The van der Waals surface area contributed by atoms with E-state index >= 15 is 0 Å². The number of carbonyl (C=O) groups is 2. The van der Waals surface area contributed by atoms with Gasteiger partial charge in [-0.05, 0) is 37.3 Å². The molecule has 0 spiro atoms. The second-order valence-electron chi connectivity index (χ2n) is 7.18. The lowest BCUT2D eigenvalue weighted by Gasteiger charge is -2.11. The van der Waals surface area contributed by atoms with Crippen LogP contribution in [0.25, 0.3) is 17.1 Å². The van der Waals surface area contributed by atoms with Crippen LogP contribution in [-0.4, -0.2) is 37.5 Å². The van der Waals surface area contributed by atoms with Gasteiger partial charge < -0.3 is 10.4 Å². The summed E-state index contributed by atoms with van der Waals surface area (Å²) in [6, 6.07) is 21.8. The average molecular weight is 479 g/mol. The normalized spacial score (nSPS) is 10.7. The van der Waals surface area contributed by atoms with Crippen molar-refractivity contribution in [3.63, 3.8) is 0 Å². The van der Waals surface area contributed by atoms with Gasteiger partial charge in [0.25, 0.3) is 0 Å². The molecule has 0 bridgehead atoms. The maximum absolute atomic E-state index is 12.6. The highest BCUT2D eigenvalue weighted by molar-refractivity contribution is 7.99. The van der Waals surface area contributed by atoms with Crippen LogP contribution in [0.4, 0.5) is 5.69 Å². The van der Waals surface area contributed by atoms with E-state index in [0.717, 1.165) is 16.8 Å². The number of carboxylic acid groups (broad SMARTS) is 1. The van der Waals surface area contributed by atoms with E-state index in [2.05, 4.69) is 15.5 Å². The minimum Gasteiger partial charge on any atom is -0.478 e. The molecule has 0 unspecified atom stereocenters. The number of hydrogen-bond donors (Lipinski definition) is 2. The van der Waals surface area contributed by atoms with Crippen LogP contribution >= 0.6 is 23.4 Å². The van der Waals surface area contributed by atoms with Crippen molar-refractivity contribution in [2.24, 2.45) is 0 Å². The number of thioether (sulfide) groups is 1. The number of nitrogens with zero attached hydrogens (tertiary/aromatic N) is 3. The van der Waals surface area contributed by atoms with Gasteiger partial charge >= 0.3 is 5.97 Å². The third-order valence-electron chi connectivity index (χ3n) is 4.78. The van der Waals surface area contributed by atoms with Gasteiger partial charge in [0.2, 0.25) is 5.91 Å². The summed E-state index contributed by atoms with van der Waals surface area (Å²) in [6.07, 6.45) is 0. The van der Waals surface area contributed by atoms with E-state index in [1.165, 1.54) is 30.0 Å². The summed E-state index contributed by atoms with van der Waals surface area (Å²) in [5.41, 5.74) is 3.19. The predicted molar refractivity (Wildman–Crippen MR) is 129 cm³/mol. The number of aromatic nitrogens is 3. The SMILES string of the molecule is Cc1ccc(-n2c(SCC(=O)Nc3cc(C(=O)O)ccc3Cl)nnc2-c2ccccc2)cc1. The molecule has 3 aromatic carbocycles. The van der Waals surface area contributed by atoms with Crippen molar-refractivity contribution in [2.45, 2.75) is 12.1 Å². The summed E-state index contributed by atoms with van der Waals surface area (Å²) in [6.45, 7) is 2.01. The van der Waals surface area contributed by atoms with Crippen LogP contribution in [-0.2, 0) is 4.79 Å².